The van der Waals surface area contributed by atoms with Gasteiger partial charge in [0, 0.05) is 21.7 Å². The van der Waals surface area contributed by atoms with E-state index in [1.807, 2.05) is 24.3 Å². The molecule has 0 aromatic heterocycles. The highest BCUT2D eigenvalue weighted by Crippen LogP contribution is 2.44. The van der Waals surface area contributed by atoms with Crippen LogP contribution in [-0.2, 0) is 5.72 Å². The maximum atomic E-state index is 13.2. The summed E-state index contributed by atoms with van der Waals surface area (Å²) in [5, 5.41) is 14.0. The topological polar surface area (TPSA) is 68.2 Å². The van der Waals surface area contributed by atoms with Crippen molar-refractivity contribution in [2.24, 2.45) is 4.99 Å². The number of hydrogen-bond acceptors (Lipinski definition) is 5. The van der Waals surface area contributed by atoms with Gasteiger partial charge in [-0.1, -0.05) is 60.1 Å². The molecule has 1 amide bonds. The van der Waals surface area contributed by atoms with Crippen LogP contribution in [0.15, 0.2) is 83.9 Å². The molecule has 1 unspecified atom stereocenters. The number of hydrogen-bond donors (Lipinski definition) is 2. The maximum absolute atomic E-state index is 13.2. The summed E-state index contributed by atoms with van der Waals surface area (Å²) in [7, 11) is 0. The van der Waals surface area contributed by atoms with Gasteiger partial charge < -0.3 is 5.11 Å². The van der Waals surface area contributed by atoms with E-state index in [1.165, 1.54) is 9.91 Å². The molecule has 1 saturated heterocycles. The number of nitrogens with one attached hydrogen (secondary N) is 1. The summed E-state index contributed by atoms with van der Waals surface area (Å²) in [4.78, 5) is 19.1. The molecule has 3 aromatic carbocycles. The number of guanidine groups is 1. The van der Waals surface area contributed by atoms with Crippen molar-refractivity contribution in [3.63, 3.8) is 0 Å². The standard InChI is InChI=1S/C22H15ClN4O2S/c23-16-11-12-18-17(13-16)22(29,15-9-5-2-6-10-15)27-20(24-18)26(21(30)25-27)19(28)14-7-3-1-4-8-14/h1-13,29H,(H,25,30). The fourth-order valence-electron chi connectivity index (χ4n) is 3.67. The Balaban J connectivity index is 1.71. The maximum Gasteiger partial charge on any atom is 0.267 e. The molecule has 5 rings (SSSR count). The fraction of sp³-hybridized carbons (Fsp3) is 0.0455. The normalized spacial score (nSPS) is 19.7. The first-order chi connectivity index (χ1) is 14.5. The number of aliphatic hydroxyl groups is 1. The lowest BCUT2D eigenvalue weighted by Crippen LogP contribution is -2.55. The van der Waals surface area contributed by atoms with Crippen LogP contribution in [0.25, 0.3) is 0 Å². The van der Waals surface area contributed by atoms with Crippen molar-refractivity contribution < 1.29 is 9.90 Å². The van der Waals surface area contributed by atoms with E-state index in [9.17, 15) is 9.90 Å². The van der Waals surface area contributed by atoms with Gasteiger partial charge in [0.05, 0.1) is 5.69 Å². The SMILES string of the molecule is O=C(c1ccccc1)N1C(=S)NN2C1=Nc1ccc(Cl)cc1C2(O)c1ccccc1. The molecule has 2 aliphatic heterocycles. The highest BCUT2D eigenvalue weighted by atomic mass is 35.5. The second-order valence-electron chi connectivity index (χ2n) is 6.87. The van der Waals surface area contributed by atoms with Gasteiger partial charge in [0.15, 0.2) is 0 Å². The number of carbonyl (C=O) groups is 1. The first kappa shape index (κ1) is 18.7. The molecule has 30 heavy (non-hydrogen) atoms. The zero-order chi connectivity index (χ0) is 20.9. The van der Waals surface area contributed by atoms with Crippen LogP contribution in [0.2, 0.25) is 5.02 Å². The van der Waals surface area contributed by atoms with Crippen LogP contribution in [0.3, 0.4) is 0 Å². The molecule has 6 nitrogen and oxygen atoms in total. The summed E-state index contributed by atoms with van der Waals surface area (Å²) in [6.45, 7) is 0. The number of benzene rings is 3. The van der Waals surface area contributed by atoms with Crippen molar-refractivity contribution in [3.05, 3.63) is 101 Å². The molecule has 0 bridgehead atoms. The van der Waals surface area contributed by atoms with Crippen LogP contribution < -0.4 is 5.43 Å². The van der Waals surface area contributed by atoms with E-state index in [1.54, 1.807) is 54.6 Å². The Kier molecular flexibility index (Phi) is 4.32. The van der Waals surface area contributed by atoms with E-state index in [0.717, 1.165) is 0 Å². The number of nitrogens with zero attached hydrogens (tertiary/aromatic N) is 3. The highest BCUT2D eigenvalue weighted by molar-refractivity contribution is 7.80. The quantitative estimate of drug-likeness (QED) is 0.601. The van der Waals surface area contributed by atoms with E-state index < -0.39 is 5.72 Å². The number of rotatable bonds is 2. The van der Waals surface area contributed by atoms with Crippen molar-refractivity contribution in [2.75, 3.05) is 0 Å². The van der Waals surface area contributed by atoms with Crippen molar-refractivity contribution in [1.82, 2.24) is 15.3 Å². The molecule has 8 heteroatoms. The lowest BCUT2D eigenvalue weighted by molar-refractivity contribution is -0.0520. The number of fused-ring (bicyclic) bond motifs is 2. The molecular weight excluding hydrogens is 420 g/mol. The van der Waals surface area contributed by atoms with Crippen LogP contribution in [0.5, 0.6) is 0 Å². The molecule has 0 spiro atoms. The van der Waals surface area contributed by atoms with E-state index >= 15 is 0 Å². The van der Waals surface area contributed by atoms with Crippen LogP contribution in [0, 0.1) is 0 Å². The number of carbonyl (C=O) groups excluding carboxylic acids is 1. The van der Waals surface area contributed by atoms with Crippen molar-refractivity contribution in [3.8, 4) is 0 Å². The third kappa shape index (κ3) is 2.71. The second-order valence-corrected chi connectivity index (χ2v) is 7.69. The van der Waals surface area contributed by atoms with Gasteiger partial charge in [-0.05, 0) is 42.5 Å². The summed E-state index contributed by atoms with van der Waals surface area (Å²) in [6, 6.07) is 22.9. The summed E-state index contributed by atoms with van der Waals surface area (Å²) in [6.07, 6.45) is 0. The lowest BCUT2D eigenvalue weighted by atomic mass is 9.91. The molecule has 2 N–H and O–H groups in total. The van der Waals surface area contributed by atoms with E-state index in [-0.39, 0.29) is 17.0 Å². The molecule has 1 fully saturated rings. The van der Waals surface area contributed by atoms with Crippen LogP contribution >= 0.6 is 23.8 Å². The predicted octanol–water partition coefficient (Wildman–Crippen LogP) is 3.78. The number of aliphatic imine (C=N–C) groups is 1. The Labute approximate surface area is 183 Å². The van der Waals surface area contributed by atoms with Crippen molar-refractivity contribution in [1.29, 1.82) is 0 Å². The monoisotopic (exact) mass is 434 g/mol. The minimum Gasteiger partial charge on any atom is -0.362 e. The average Bonchev–Trinajstić information content (AvgIpc) is 3.11. The first-order valence-electron chi connectivity index (χ1n) is 9.17. The van der Waals surface area contributed by atoms with E-state index in [0.29, 0.717) is 27.4 Å². The van der Waals surface area contributed by atoms with Gasteiger partial charge in [-0.15, -0.1) is 0 Å². The summed E-state index contributed by atoms with van der Waals surface area (Å²) in [5.41, 5.74) is 3.27. The van der Waals surface area contributed by atoms with Gasteiger partial charge in [-0.2, -0.15) is 0 Å². The molecule has 0 saturated carbocycles. The molecule has 2 heterocycles. The Morgan fingerprint density at radius 1 is 1.03 bits per heavy atom. The zero-order valence-electron chi connectivity index (χ0n) is 15.5. The molecule has 2 aliphatic rings. The van der Waals surface area contributed by atoms with Gasteiger partial charge >= 0.3 is 0 Å². The third-order valence-corrected chi connectivity index (χ3v) is 5.60. The smallest absolute Gasteiger partial charge is 0.267 e. The summed E-state index contributed by atoms with van der Waals surface area (Å²) in [5.74, 6) is -0.155. The highest BCUT2D eigenvalue weighted by Gasteiger charge is 2.52. The van der Waals surface area contributed by atoms with Gasteiger partial charge in [0.2, 0.25) is 16.8 Å². The zero-order valence-corrected chi connectivity index (χ0v) is 17.1. The number of hydrazine groups is 1. The van der Waals surface area contributed by atoms with Crippen LogP contribution in [0.4, 0.5) is 5.69 Å². The van der Waals surface area contributed by atoms with Crippen molar-refractivity contribution >= 4 is 46.5 Å². The minimum atomic E-state index is -1.69. The fourth-order valence-corrected chi connectivity index (χ4v) is 4.10. The predicted molar refractivity (Wildman–Crippen MR) is 118 cm³/mol. The third-order valence-electron chi connectivity index (χ3n) is 5.09. The van der Waals surface area contributed by atoms with Gasteiger partial charge in [0.25, 0.3) is 5.91 Å². The number of amides is 1. The molecular formula is C22H15ClN4O2S. The van der Waals surface area contributed by atoms with Crippen LogP contribution in [0.1, 0.15) is 21.5 Å². The Morgan fingerprint density at radius 3 is 2.40 bits per heavy atom. The van der Waals surface area contributed by atoms with Crippen molar-refractivity contribution in [2.45, 2.75) is 5.72 Å². The van der Waals surface area contributed by atoms with Gasteiger partial charge in [0.1, 0.15) is 0 Å². The number of thiocarbonyl (C=S) groups is 1. The van der Waals surface area contributed by atoms with E-state index in [4.69, 9.17) is 23.8 Å². The Morgan fingerprint density at radius 2 is 1.70 bits per heavy atom. The van der Waals surface area contributed by atoms with Crippen LogP contribution in [-0.4, -0.2) is 32.0 Å². The minimum absolute atomic E-state index is 0.121. The average molecular weight is 435 g/mol. The van der Waals surface area contributed by atoms with E-state index in [2.05, 4.69) is 10.4 Å². The molecule has 148 valence electrons. The van der Waals surface area contributed by atoms with Gasteiger partial charge in [-0.25, -0.2) is 14.9 Å². The molecule has 0 radical (unpaired) electrons. The van der Waals surface area contributed by atoms with Gasteiger partial charge in [-0.3, -0.25) is 10.2 Å². The molecule has 1 atom stereocenters. The summed E-state index contributed by atoms with van der Waals surface area (Å²) >= 11 is 11.7. The Hall–Kier alpha value is -3.26. The molecule has 0 aliphatic carbocycles. The second kappa shape index (κ2) is 6.91. The number of halogens is 1. The lowest BCUT2D eigenvalue weighted by Gasteiger charge is -2.41. The Bertz CT molecular complexity index is 1200. The summed E-state index contributed by atoms with van der Waals surface area (Å²) < 4.78 is 0. The first-order valence-corrected chi connectivity index (χ1v) is 9.96. The largest absolute Gasteiger partial charge is 0.362 e. The molecule has 3 aromatic rings.